The third-order valence-corrected chi connectivity index (χ3v) is 8.04. The molecule has 0 radical (unpaired) electrons. The van der Waals surface area contributed by atoms with Gasteiger partial charge in [-0.1, -0.05) is 37.3 Å². The summed E-state index contributed by atoms with van der Waals surface area (Å²) in [5, 5.41) is 13.0. The Bertz CT molecular complexity index is 1290. The first-order valence-corrected chi connectivity index (χ1v) is 15.8. The Labute approximate surface area is 269 Å². The molecule has 254 valence electrons. The van der Waals surface area contributed by atoms with E-state index in [-0.39, 0.29) is 49.6 Å². The number of rotatable bonds is 9. The Morgan fingerprint density at radius 1 is 1.13 bits per heavy atom. The summed E-state index contributed by atoms with van der Waals surface area (Å²) in [5.41, 5.74) is 1.47. The molecule has 0 aliphatic carbocycles. The molecule has 3 amide bonds. The first kappa shape index (κ1) is 36.8. The lowest BCUT2D eigenvalue weighted by molar-refractivity contribution is -0.149. The van der Waals surface area contributed by atoms with E-state index in [4.69, 9.17) is 9.47 Å². The third-order valence-electron chi connectivity index (χ3n) is 8.04. The maximum absolute atomic E-state index is 14.2. The number of ether oxygens (including phenoxy) is 2. The number of alkyl halides is 3. The second-order valence-corrected chi connectivity index (χ2v) is 12.1. The van der Waals surface area contributed by atoms with E-state index in [1.165, 1.54) is 16.8 Å². The van der Waals surface area contributed by atoms with Crippen LogP contribution in [0.4, 0.5) is 18.9 Å². The predicted octanol–water partition coefficient (Wildman–Crippen LogP) is 5.46. The van der Waals surface area contributed by atoms with Crippen LogP contribution in [0.2, 0.25) is 0 Å². The van der Waals surface area contributed by atoms with E-state index in [1.807, 2.05) is 44.2 Å². The lowest BCUT2D eigenvalue weighted by atomic mass is 10.0. The van der Waals surface area contributed by atoms with Crippen LogP contribution in [0.3, 0.4) is 0 Å². The number of halogens is 3. The van der Waals surface area contributed by atoms with E-state index in [2.05, 4.69) is 5.32 Å². The Hall–Kier alpha value is -3.64. The molecule has 2 aromatic carbocycles. The fraction of sp³-hybridized carbons (Fsp3) is 0.559. The van der Waals surface area contributed by atoms with Gasteiger partial charge in [-0.2, -0.15) is 13.2 Å². The van der Waals surface area contributed by atoms with Crippen LogP contribution in [0.1, 0.15) is 68.8 Å². The monoisotopic (exact) mass is 649 g/mol. The minimum absolute atomic E-state index is 0.0427. The van der Waals surface area contributed by atoms with E-state index < -0.39 is 43.0 Å². The molecule has 2 N–H and O–H groups in total. The van der Waals surface area contributed by atoms with Crippen LogP contribution >= 0.6 is 0 Å². The minimum atomic E-state index is -4.44. The van der Waals surface area contributed by atoms with Crippen LogP contribution in [0.25, 0.3) is 0 Å². The molecular formula is C34H46F3N3O6. The Morgan fingerprint density at radius 2 is 1.85 bits per heavy atom. The van der Waals surface area contributed by atoms with Crippen molar-refractivity contribution in [1.29, 1.82) is 0 Å². The number of aliphatic hydroxyl groups is 1. The minimum Gasteiger partial charge on any atom is -0.490 e. The molecule has 0 saturated carbocycles. The van der Waals surface area contributed by atoms with Gasteiger partial charge in [-0.3, -0.25) is 14.4 Å². The number of benzene rings is 2. The highest BCUT2D eigenvalue weighted by atomic mass is 19.4. The normalized spacial score (nSPS) is 20.6. The summed E-state index contributed by atoms with van der Waals surface area (Å²) in [5.74, 6) is -1.35. The van der Waals surface area contributed by atoms with E-state index in [1.54, 1.807) is 25.1 Å². The summed E-state index contributed by atoms with van der Waals surface area (Å²) < 4.78 is 50.6. The molecule has 0 fully saturated rings. The lowest BCUT2D eigenvalue weighted by Gasteiger charge is -2.36. The number of fused-ring (bicyclic) bond motifs is 1. The van der Waals surface area contributed by atoms with Crippen LogP contribution in [0, 0.1) is 5.92 Å². The van der Waals surface area contributed by atoms with Gasteiger partial charge in [0, 0.05) is 44.8 Å². The second-order valence-electron chi connectivity index (χ2n) is 12.1. The average molecular weight is 650 g/mol. The van der Waals surface area contributed by atoms with Crippen molar-refractivity contribution in [2.75, 3.05) is 38.7 Å². The van der Waals surface area contributed by atoms with Crippen molar-refractivity contribution in [2.24, 2.45) is 5.92 Å². The molecule has 0 unspecified atom stereocenters. The topological polar surface area (TPSA) is 108 Å². The molecular weight excluding hydrogens is 603 g/mol. The molecule has 46 heavy (non-hydrogen) atoms. The SMILES string of the molecule is C[C@@H]1CN([C@H](C)CO)C(=O)c2cc(NC(=O)Cc3ccccc3)ccc2O[C@@H](C)CCCCO[C@@H]1CN(C)C(=O)CCC(F)(F)F. The summed E-state index contributed by atoms with van der Waals surface area (Å²) in [7, 11) is 1.45. The number of aliphatic hydroxyl groups excluding tert-OH is 1. The number of nitrogens with zero attached hydrogens (tertiary/aromatic N) is 2. The van der Waals surface area contributed by atoms with Gasteiger partial charge in [0.1, 0.15) is 5.75 Å². The summed E-state index contributed by atoms with van der Waals surface area (Å²) in [6, 6.07) is 13.6. The largest absolute Gasteiger partial charge is 0.490 e. The molecule has 0 saturated heterocycles. The quantitative estimate of drug-likeness (QED) is 0.374. The van der Waals surface area contributed by atoms with E-state index in [9.17, 15) is 32.7 Å². The summed E-state index contributed by atoms with van der Waals surface area (Å²) in [6.07, 6.45) is -4.87. The first-order chi connectivity index (χ1) is 21.8. The van der Waals surface area contributed by atoms with E-state index in [0.29, 0.717) is 30.9 Å². The van der Waals surface area contributed by atoms with Crippen molar-refractivity contribution in [1.82, 2.24) is 9.80 Å². The van der Waals surface area contributed by atoms with Gasteiger partial charge in [-0.05, 0) is 56.9 Å². The van der Waals surface area contributed by atoms with Crippen molar-refractivity contribution in [2.45, 2.75) is 83.7 Å². The fourth-order valence-corrected chi connectivity index (χ4v) is 5.26. The van der Waals surface area contributed by atoms with Crippen molar-refractivity contribution < 1.29 is 42.1 Å². The first-order valence-electron chi connectivity index (χ1n) is 15.8. The van der Waals surface area contributed by atoms with E-state index >= 15 is 0 Å². The number of amides is 3. The van der Waals surface area contributed by atoms with Crippen LogP contribution in [-0.4, -0.2) is 90.4 Å². The number of hydrogen-bond acceptors (Lipinski definition) is 6. The molecule has 2 aromatic rings. The Morgan fingerprint density at radius 3 is 2.52 bits per heavy atom. The smallest absolute Gasteiger partial charge is 0.389 e. The van der Waals surface area contributed by atoms with Crippen molar-refractivity contribution in [3.05, 3.63) is 59.7 Å². The highest BCUT2D eigenvalue weighted by Crippen LogP contribution is 2.29. The fourth-order valence-electron chi connectivity index (χ4n) is 5.26. The van der Waals surface area contributed by atoms with Crippen molar-refractivity contribution in [3.8, 4) is 5.75 Å². The molecule has 3 rings (SSSR count). The summed E-state index contributed by atoms with van der Waals surface area (Å²) >= 11 is 0. The number of anilines is 1. The highest BCUT2D eigenvalue weighted by Gasteiger charge is 2.32. The predicted molar refractivity (Wildman–Crippen MR) is 169 cm³/mol. The molecule has 1 aliphatic rings. The number of likely N-dealkylation sites (N-methyl/N-ethyl adjacent to an activating group) is 1. The number of carbonyl (C=O) groups excluding carboxylic acids is 3. The van der Waals surface area contributed by atoms with E-state index in [0.717, 1.165) is 12.0 Å². The summed E-state index contributed by atoms with van der Waals surface area (Å²) in [6.45, 7) is 5.63. The van der Waals surface area contributed by atoms with Gasteiger partial charge in [0.2, 0.25) is 11.8 Å². The van der Waals surface area contributed by atoms with Gasteiger partial charge >= 0.3 is 6.18 Å². The zero-order valence-corrected chi connectivity index (χ0v) is 27.0. The Kier molecular flexibility index (Phi) is 13.9. The van der Waals surface area contributed by atoms with Crippen molar-refractivity contribution >= 4 is 23.4 Å². The zero-order chi connectivity index (χ0) is 33.9. The Balaban J connectivity index is 1.89. The highest BCUT2D eigenvalue weighted by molar-refractivity contribution is 6.00. The molecule has 4 atom stereocenters. The zero-order valence-electron chi connectivity index (χ0n) is 27.0. The molecule has 0 bridgehead atoms. The van der Waals surface area contributed by atoms with Gasteiger partial charge in [-0.15, -0.1) is 0 Å². The standard InChI is InChI=1S/C34H46F3N3O6/c1-23-20-40(24(2)22-41)33(44)28-19-27(38-31(42)18-26-11-6-5-7-12-26)13-14-29(28)46-25(3)10-8-9-17-45-30(23)21-39(4)32(43)15-16-34(35,36)37/h5-7,11-14,19,23-25,30,41H,8-10,15-18,20-22H2,1-4H3,(H,38,42)/t23-,24-,25+,30-/m1/s1. The molecule has 1 heterocycles. The van der Waals surface area contributed by atoms with Crippen molar-refractivity contribution in [3.63, 3.8) is 0 Å². The van der Waals surface area contributed by atoms with Crippen LogP contribution in [0.5, 0.6) is 5.75 Å². The molecule has 0 spiro atoms. The van der Waals surface area contributed by atoms with Gasteiger partial charge in [-0.25, -0.2) is 0 Å². The summed E-state index contributed by atoms with van der Waals surface area (Å²) in [4.78, 5) is 42.3. The van der Waals surface area contributed by atoms with Gasteiger partial charge in [0.15, 0.2) is 0 Å². The molecule has 9 nitrogen and oxygen atoms in total. The van der Waals surface area contributed by atoms with Crippen LogP contribution < -0.4 is 10.1 Å². The van der Waals surface area contributed by atoms with Gasteiger partial charge in [0.05, 0.1) is 43.3 Å². The van der Waals surface area contributed by atoms with Crippen LogP contribution in [0.15, 0.2) is 48.5 Å². The number of carbonyl (C=O) groups is 3. The molecule has 0 aromatic heterocycles. The maximum Gasteiger partial charge on any atom is 0.389 e. The molecule has 12 heteroatoms. The van der Waals surface area contributed by atoms with Gasteiger partial charge in [0.25, 0.3) is 5.91 Å². The average Bonchev–Trinajstić information content (AvgIpc) is 3.01. The van der Waals surface area contributed by atoms with Gasteiger partial charge < -0.3 is 29.7 Å². The lowest BCUT2D eigenvalue weighted by Crippen LogP contribution is -2.48. The maximum atomic E-state index is 14.2. The second kappa shape index (κ2) is 17.3. The number of nitrogens with one attached hydrogen (secondary N) is 1. The molecule has 1 aliphatic heterocycles. The van der Waals surface area contributed by atoms with Crippen LogP contribution in [-0.2, 0) is 20.7 Å². The number of hydrogen-bond donors (Lipinski definition) is 2. The third kappa shape index (κ3) is 11.6.